The standard InChI is InChI=1S/C10H14N2O5/c1-5-4-6(9(14)15)17-8(5)12-3-2-7(13)11-10(12)16/h2-3,5-6,8-9,14-15H,4H2,1H3,(H,11,13,16). The molecule has 7 nitrogen and oxygen atoms in total. The summed E-state index contributed by atoms with van der Waals surface area (Å²) in [6.07, 6.45) is -1.09. The SMILES string of the molecule is CC1CC(C(O)O)OC1n1ccc(=O)[nH]c1=O. The Bertz CT molecular complexity index is 506. The molecule has 0 radical (unpaired) electrons. The fourth-order valence-corrected chi connectivity index (χ4v) is 2.01. The van der Waals surface area contributed by atoms with Crippen molar-refractivity contribution in [1.29, 1.82) is 0 Å². The summed E-state index contributed by atoms with van der Waals surface area (Å²) in [6, 6.07) is 1.22. The van der Waals surface area contributed by atoms with Crippen molar-refractivity contribution in [2.75, 3.05) is 0 Å². The molecule has 7 heteroatoms. The van der Waals surface area contributed by atoms with Gasteiger partial charge in [0.05, 0.1) is 0 Å². The molecule has 0 amide bonds. The molecule has 1 saturated heterocycles. The van der Waals surface area contributed by atoms with E-state index in [0.29, 0.717) is 6.42 Å². The van der Waals surface area contributed by atoms with Gasteiger partial charge in [-0.15, -0.1) is 0 Å². The van der Waals surface area contributed by atoms with E-state index >= 15 is 0 Å². The Morgan fingerprint density at radius 3 is 2.76 bits per heavy atom. The van der Waals surface area contributed by atoms with Gasteiger partial charge in [-0.2, -0.15) is 0 Å². The van der Waals surface area contributed by atoms with Crippen molar-refractivity contribution in [2.45, 2.75) is 32.0 Å². The van der Waals surface area contributed by atoms with Crippen LogP contribution in [0, 0.1) is 5.92 Å². The first-order valence-corrected chi connectivity index (χ1v) is 5.32. The van der Waals surface area contributed by atoms with Gasteiger partial charge in [0.1, 0.15) is 12.3 Å². The van der Waals surface area contributed by atoms with Gasteiger partial charge in [0, 0.05) is 18.2 Å². The molecule has 2 heterocycles. The number of nitrogens with zero attached hydrogens (tertiary/aromatic N) is 1. The molecule has 1 aliphatic rings. The van der Waals surface area contributed by atoms with Crippen LogP contribution in [0.2, 0.25) is 0 Å². The summed E-state index contributed by atoms with van der Waals surface area (Å²) in [6.45, 7) is 1.84. The minimum atomic E-state index is -1.57. The van der Waals surface area contributed by atoms with Crippen molar-refractivity contribution in [2.24, 2.45) is 5.92 Å². The maximum absolute atomic E-state index is 11.6. The number of aliphatic hydroxyl groups excluding tert-OH is 1. The third-order valence-electron chi connectivity index (χ3n) is 2.86. The normalized spacial score (nSPS) is 28.8. The summed E-state index contributed by atoms with van der Waals surface area (Å²) in [5.74, 6) is -0.0506. The van der Waals surface area contributed by atoms with Gasteiger partial charge in [0.2, 0.25) is 0 Å². The molecule has 1 fully saturated rings. The van der Waals surface area contributed by atoms with Gasteiger partial charge in [0.15, 0.2) is 6.29 Å². The maximum atomic E-state index is 11.6. The monoisotopic (exact) mass is 242 g/mol. The number of aromatic amines is 1. The van der Waals surface area contributed by atoms with E-state index in [2.05, 4.69) is 4.98 Å². The molecule has 2 rings (SSSR count). The Hall–Kier alpha value is -1.44. The molecule has 1 aliphatic heterocycles. The average Bonchev–Trinajstić information content (AvgIpc) is 2.61. The van der Waals surface area contributed by atoms with Gasteiger partial charge in [-0.1, -0.05) is 6.92 Å². The highest BCUT2D eigenvalue weighted by molar-refractivity contribution is 4.88. The van der Waals surface area contributed by atoms with Gasteiger partial charge >= 0.3 is 5.69 Å². The number of rotatable bonds is 2. The third-order valence-corrected chi connectivity index (χ3v) is 2.86. The van der Waals surface area contributed by atoms with Crippen molar-refractivity contribution in [1.82, 2.24) is 9.55 Å². The first kappa shape index (κ1) is 12.0. The molecule has 1 aromatic rings. The summed E-state index contributed by atoms with van der Waals surface area (Å²) in [5.41, 5.74) is -1.04. The summed E-state index contributed by atoms with van der Waals surface area (Å²) in [7, 11) is 0. The molecule has 94 valence electrons. The van der Waals surface area contributed by atoms with E-state index in [9.17, 15) is 9.59 Å². The predicted octanol–water partition coefficient (Wildman–Crippen LogP) is -1.23. The number of hydrogen-bond acceptors (Lipinski definition) is 5. The van der Waals surface area contributed by atoms with Crippen LogP contribution in [-0.4, -0.2) is 32.2 Å². The fourth-order valence-electron chi connectivity index (χ4n) is 2.01. The van der Waals surface area contributed by atoms with Crippen LogP contribution < -0.4 is 11.2 Å². The topological polar surface area (TPSA) is 105 Å². The molecular formula is C10H14N2O5. The zero-order valence-corrected chi connectivity index (χ0v) is 9.24. The first-order chi connectivity index (χ1) is 7.99. The van der Waals surface area contributed by atoms with Crippen molar-refractivity contribution >= 4 is 0 Å². The van der Waals surface area contributed by atoms with E-state index < -0.39 is 29.9 Å². The molecule has 0 bridgehead atoms. The summed E-state index contributed by atoms with van der Waals surface area (Å²) in [5, 5.41) is 18.1. The third kappa shape index (κ3) is 2.31. The lowest BCUT2D eigenvalue weighted by atomic mass is 10.1. The average molecular weight is 242 g/mol. The first-order valence-electron chi connectivity index (χ1n) is 5.32. The Morgan fingerprint density at radius 2 is 2.24 bits per heavy atom. The van der Waals surface area contributed by atoms with Gasteiger partial charge in [0.25, 0.3) is 5.56 Å². The second kappa shape index (κ2) is 4.44. The number of ether oxygens (including phenoxy) is 1. The molecule has 0 aromatic carbocycles. The molecule has 3 N–H and O–H groups in total. The maximum Gasteiger partial charge on any atom is 0.330 e. The predicted molar refractivity (Wildman–Crippen MR) is 57.2 cm³/mol. The fraction of sp³-hybridized carbons (Fsp3) is 0.600. The van der Waals surface area contributed by atoms with Gasteiger partial charge in [-0.25, -0.2) is 4.79 Å². The van der Waals surface area contributed by atoms with Gasteiger partial charge in [-0.3, -0.25) is 14.3 Å². The second-order valence-corrected chi connectivity index (χ2v) is 4.21. The number of nitrogens with one attached hydrogen (secondary N) is 1. The van der Waals surface area contributed by atoms with E-state index in [0.717, 1.165) is 0 Å². The zero-order valence-electron chi connectivity index (χ0n) is 9.24. The zero-order chi connectivity index (χ0) is 12.6. The van der Waals surface area contributed by atoms with Crippen molar-refractivity contribution < 1.29 is 14.9 Å². The van der Waals surface area contributed by atoms with Crippen LogP contribution in [0.4, 0.5) is 0 Å². The van der Waals surface area contributed by atoms with E-state index in [1.807, 2.05) is 6.92 Å². The van der Waals surface area contributed by atoms with E-state index in [-0.39, 0.29) is 5.92 Å². The number of aromatic nitrogens is 2. The van der Waals surface area contributed by atoms with E-state index in [4.69, 9.17) is 14.9 Å². The smallest absolute Gasteiger partial charge is 0.330 e. The Morgan fingerprint density at radius 1 is 1.53 bits per heavy atom. The molecule has 3 unspecified atom stereocenters. The Labute approximate surface area is 96.3 Å². The van der Waals surface area contributed by atoms with Crippen molar-refractivity contribution in [3.63, 3.8) is 0 Å². The minimum Gasteiger partial charge on any atom is -0.366 e. The minimum absolute atomic E-state index is 0.0506. The molecule has 1 aromatic heterocycles. The van der Waals surface area contributed by atoms with Crippen LogP contribution in [0.25, 0.3) is 0 Å². The summed E-state index contributed by atoms with van der Waals surface area (Å²) < 4.78 is 6.63. The lowest BCUT2D eigenvalue weighted by Crippen LogP contribution is -2.33. The molecular weight excluding hydrogens is 228 g/mol. The van der Waals surface area contributed by atoms with Crippen LogP contribution in [-0.2, 0) is 4.74 Å². The van der Waals surface area contributed by atoms with Crippen LogP contribution in [0.1, 0.15) is 19.6 Å². The van der Waals surface area contributed by atoms with E-state index in [1.165, 1.54) is 16.8 Å². The van der Waals surface area contributed by atoms with Crippen LogP contribution in [0.3, 0.4) is 0 Å². The van der Waals surface area contributed by atoms with Gasteiger partial charge < -0.3 is 14.9 Å². The number of H-pyrrole nitrogens is 1. The summed E-state index contributed by atoms with van der Waals surface area (Å²) >= 11 is 0. The number of hydrogen-bond donors (Lipinski definition) is 3. The highest BCUT2D eigenvalue weighted by Gasteiger charge is 2.37. The van der Waals surface area contributed by atoms with Crippen molar-refractivity contribution in [3.8, 4) is 0 Å². The molecule has 0 aliphatic carbocycles. The molecule has 17 heavy (non-hydrogen) atoms. The Kier molecular flexibility index (Phi) is 3.14. The molecule has 0 spiro atoms. The Balaban J connectivity index is 2.29. The second-order valence-electron chi connectivity index (χ2n) is 4.21. The molecule has 3 atom stereocenters. The highest BCUT2D eigenvalue weighted by Crippen LogP contribution is 2.33. The highest BCUT2D eigenvalue weighted by atomic mass is 16.6. The lowest BCUT2D eigenvalue weighted by Gasteiger charge is -2.18. The van der Waals surface area contributed by atoms with Gasteiger partial charge in [-0.05, 0) is 6.42 Å². The van der Waals surface area contributed by atoms with Crippen molar-refractivity contribution in [3.05, 3.63) is 33.1 Å². The largest absolute Gasteiger partial charge is 0.366 e. The van der Waals surface area contributed by atoms with Crippen LogP contribution in [0.15, 0.2) is 21.9 Å². The van der Waals surface area contributed by atoms with Crippen LogP contribution >= 0.6 is 0 Å². The quantitative estimate of drug-likeness (QED) is 0.563. The lowest BCUT2D eigenvalue weighted by molar-refractivity contribution is -0.152. The molecule has 0 saturated carbocycles. The summed E-state index contributed by atoms with van der Waals surface area (Å²) in [4.78, 5) is 24.6. The van der Waals surface area contributed by atoms with E-state index in [1.54, 1.807) is 0 Å². The van der Waals surface area contributed by atoms with Crippen LogP contribution in [0.5, 0.6) is 0 Å². The number of aliphatic hydroxyl groups is 2.